The summed E-state index contributed by atoms with van der Waals surface area (Å²) >= 11 is 0. The van der Waals surface area contributed by atoms with E-state index in [0.717, 1.165) is 43.1 Å². The van der Waals surface area contributed by atoms with Gasteiger partial charge in [0.2, 0.25) is 5.91 Å². The number of carbonyl (C=O) groups excluding carboxylic acids is 3. The van der Waals surface area contributed by atoms with E-state index >= 15 is 0 Å². The monoisotopic (exact) mass is 531 g/mol. The van der Waals surface area contributed by atoms with Gasteiger partial charge in [0.25, 0.3) is 11.8 Å². The Morgan fingerprint density at radius 2 is 1.87 bits per heavy atom. The second kappa shape index (κ2) is 12.0. The number of nitrogens with zero attached hydrogens (tertiary/aromatic N) is 5. The number of nitrogens with one attached hydrogen (secondary N) is 2. The highest BCUT2D eigenvalue weighted by Gasteiger charge is 2.24. The predicted molar refractivity (Wildman–Crippen MR) is 147 cm³/mol. The van der Waals surface area contributed by atoms with Gasteiger partial charge in [-0.25, -0.2) is 9.97 Å². The van der Waals surface area contributed by atoms with Crippen molar-refractivity contribution in [2.24, 2.45) is 0 Å². The molecule has 2 aliphatic heterocycles. The normalized spacial score (nSPS) is 15.5. The molecule has 0 saturated carbocycles. The molecule has 11 nitrogen and oxygen atoms in total. The molecular weight excluding hydrogens is 498 g/mol. The van der Waals surface area contributed by atoms with Gasteiger partial charge in [-0.15, -0.1) is 0 Å². The Kier molecular flexibility index (Phi) is 8.04. The molecule has 3 amide bonds. The van der Waals surface area contributed by atoms with Gasteiger partial charge in [-0.1, -0.05) is 0 Å². The summed E-state index contributed by atoms with van der Waals surface area (Å²) in [5, 5.41) is 5.87. The molecule has 2 aliphatic rings. The average molecular weight is 532 g/mol. The zero-order valence-corrected chi connectivity index (χ0v) is 22.1. The van der Waals surface area contributed by atoms with E-state index < -0.39 is 0 Å². The lowest BCUT2D eigenvalue weighted by Crippen LogP contribution is -2.47. The fourth-order valence-electron chi connectivity index (χ4n) is 5.04. The second-order valence-corrected chi connectivity index (χ2v) is 9.76. The molecule has 11 heteroatoms. The highest BCUT2D eigenvalue weighted by molar-refractivity contribution is 6.05. The lowest BCUT2D eigenvalue weighted by molar-refractivity contribution is -0.127. The van der Waals surface area contributed by atoms with Crippen LogP contribution in [-0.2, 0) is 4.79 Å². The molecule has 1 aromatic carbocycles. The Balaban J connectivity index is 1.27. The van der Waals surface area contributed by atoms with E-state index in [1.54, 1.807) is 30.6 Å². The van der Waals surface area contributed by atoms with Gasteiger partial charge in [-0.2, -0.15) is 0 Å². The van der Waals surface area contributed by atoms with Crippen molar-refractivity contribution < 1.29 is 18.8 Å². The minimum absolute atomic E-state index is 0.182. The van der Waals surface area contributed by atoms with Crippen LogP contribution in [-0.4, -0.2) is 78.4 Å². The Morgan fingerprint density at radius 3 is 2.59 bits per heavy atom. The fraction of sp³-hybridized carbons (Fsp3) is 0.393. The van der Waals surface area contributed by atoms with Crippen LogP contribution in [0.4, 0.5) is 17.2 Å². The first-order chi connectivity index (χ1) is 19.0. The van der Waals surface area contributed by atoms with Gasteiger partial charge >= 0.3 is 0 Å². The molecule has 204 valence electrons. The molecule has 2 aromatic heterocycles. The van der Waals surface area contributed by atoms with E-state index in [-0.39, 0.29) is 23.5 Å². The van der Waals surface area contributed by atoms with Crippen molar-refractivity contribution in [1.29, 1.82) is 0 Å². The molecule has 0 spiro atoms. The maximum absolute atomic E-state index is 12.9. The number of aryl methyl sites for hydroxylation is 1. The Hall–Kier alpha value is -4.41. The average Bonchev–Trinajstić information content (AvgIpc) is 3.64. The summed E-state index contributed by atoms with van der Waals surface area (Å²) in [5.74, 6) is 0.687. The van der Waals surface area contributed by atoms with E-state index in [0.29, 0.717) is 50.3 Å². The number of furan rings is 1. The van der Waals surface area contributed by atoms with E-state index in [9.17, 15) is 14.4 Å². The lowest BCUT2D eigenvalue weighted by atomic mass is 10.1. The van der Waals surface area contributed by atoms with Crippen molar-refractivity contribution in [2.75, 3.05) is 60.9 Å². The van der Waals surface area contributed by atoms with Crippen LogP contribution < -0.4 is 20.4 Å². The first kappa shape index (κ1) is 26.2. The standard InChI is InChI=1S/C28H33N7O4/c1-20-18-29-19-31-26(20)35-14-12-33(13-15-35)23-8-7-21(17-22(23)32-28(38)24-5-3-16-39-24)27(37)30-9-4-11-34-10-2-6-25(34)36/h3,5,7-8,16-19H,2,4,6,9-15H2,1H3,(H,30,37)(H,32,38). The number of rotatable bonds is 9. The number of likely N-dealkylation sites (tertiary alicyclic amines) is 1. The van der Waals surface area contributed by atoms with Gasteiger partial charge in [0.15, 0.2) is 5.76 Å². The third-order valence-corrected chi connectivity index (χ3v) is 7.10. The van der Waals surface area contributed by atoms with Crippen LogP contribution in [0.2, 0.25) is 0 Å². The largest absolute Gasteiger partial charge is 0.459 e. The number of aromatic nitrogens is 2. The molecule has 5 rings (SSSR count). The number of hydrogen-bond acceptors (Lipinski definition) is 8. The summed E-state index contributed by atoms with van der Waals surface area (Å²) < 4.78 is 5.27. The minimum atomic E-state index is -0.385. The van der Waals surface area contributed by atoms with Gasteiger partial charge in [0.05, 0.1) is 17.6 Å². The zero-order valence-electron chi connectivity index (χ0n) is 22.1. The number of amides is 3. The Morgan fingerprint density at radius 1 is 1.05 bits per heavy atom. The SMILES string of the molecule is Cc1cncnc1N1CCN(c2ccc(C(=O)NCCCN3CCCC3=O)cc2NC(=O)c2ccco2)CC1. The van der Waals surface area contributed by atoms with Crippen LogP contribution >= 0.6 is 0 Å². The molecule has 0 bridgehead atoms. The molecular formula is C28H33N7O4. The lowest BCUT2D eigenvalue weighted by Gasteiger charge is -2.38. The van der Waals surface area contributed by atoms with Crippen LogP contribution in [0, 0.1) is 6.92 Å². The summed E-state index contributed by atoms with van der Waals surface area (Å²) in [5.41, 5.74) is 2.84. The summed E-state index contributed by atoms with van der Waals surface area (Å²) in [6.45, 7) is 6.84. The molecule has 0 atom stereocenters. The Bertz CT molecular complexity index is 1320. The molecule has 39 heavy (non-hydrogen) atoms. The van der Waals surface area contributed by atoms with Crippen LogP contribution in [0.15, 0.2) is 53.5 Å². The number of benzene rings is 1. The highest BCUT2D eigenvalue weighted by atomic mass is 16.3. The van der Waals surface area contributed by atoms with Gasteiger partial charge in [-0.3, -0.25) is 14.4 Å². The third-order valence-electron chi connectivity index (χ3n) is 7.10. The van der Waals surface area contributed by atoms with E-state index in [4.69, 9.17) is 4.42 Å². The topological polar surface area (TPSA) is 124 Å². The van der Waals surface area contributed by atoms with Crippen LogP contribution in [0.1, 0.15) is 45.7 Å². The van der Waals surface area contributed by atoms with Gasteiger partial charge in [0.1, 0.15) is 12.1 Å². The fourth-order valence-corrected chi connectivity index (χ4v) is 5.04. The molecule has 2 fully saturated rings. The molecule has 0 unspecified atom stereocenters. The predicted octanol–water partition coefficient (Wildman–Crippen LogP) is 2.70. The van der Waals surface area contributed by atoms with E-state index in [1.165, 1.54) is 6.26 Å². The maximum atomic E-state index is 12.9. The van der Waals surface area contributed by atoms with Gasteiger partial charge < -0.3 is 29.8 Å². The van der Waals surface area contributed by atoms with E-state index in [1.807, 2.05) is 24.1 Å². The highest BCUT2D eigenvalue weighted by Crippen LogP contribution is 2.30. The molecule has 2 saturated heterocycles. The van der Waals surface area contributed by atoms with Gasteiger partial charge in [-0.05, 0) is 50.1 Å². The van der Waals surface area contributed by atoms with Crippen LogP contribution in [0.3, 0.4) is 0 Å². The smallest absolute Gasteiger partial charge is 0.291 e. The maximum Gasteiger partial charge on any atom is 0.291 e. The van der Waals surface area contributed by atoms with Crippen molar-refractivity contribution >= 4 is 34.9 Å². The van der Waals surface area contributed by atoms with Crippen molar-refractivity contribution in [2.45, 2.75) is 26.2 Å². The van der Waals surface area contributed by atoms with E-state index in [2.05, 4.69) is 30.4 Å². The minimum Gasteiger partial charge on any atom is -0.459 e. The molecule has 0 radical (unpaired) electrons. The zero-order chi connectivity index (χ0) is 27.2. The first-order valence-electron chi connectivity index (χ1n) is 13.3. The molecule has 3 aromatic rings. The number of piperazine rings is 1. The van der Waals surface area contributed by atoms with Crippen molar-refractivity contribution in [3.8, 4) is 0 Å². The quantitative estimate of drug-likeness (QED) is 0.404. The molecule has 4 heterocycles. The van der Waals surface area contributed by atoms with Crippen molar-refractivity contribution in [3.63, 3.8) is 0 Å². The summed E-state index contributed by atoms with van der Waals surface area (Å²) in [7, 11) is 0. The molecule has 0 aliphatic carbocycles. The van der Waals surface area contributed by atoms with Gasteiger partial charge in [0, 0.05) is 69.6 Å². The van der Waals surface area contributed by atoms with Crippen molar-refractivity contribution in [1.82, 2.24) is 20.2 Å². The number of anilines is 3. The first-order valence-corrected chi connectivity index (χ1v) is 13.3. The second-order valence-electron chi connectivity index (χ2n) is 9.76. The molecule has 2 N–H and O–H groups in total. The van der Waals surface area contributed by atoms with Crippen LogP contribution in [0.5, 0.6) is 0 Å². The Labute approximate surface area is 227 Å². The number of carbonyl (C=O) groups is 3. The summed E-state index contributed by atoms with van der Waals surface area (Å²) in [6.07, 6.45) is 7.02. The summed E-state index contributed by atoms with van der Waals surface area (Å²) in [4.78, 5) is 52.4. The summed E-state index contributed by atoms with van der Waals surface area (Å²) in [6, 6.07) is 8.61. The third kappa shape index (κ3) is 6.19. The van der Waals surface area contributed by atoms with Crippen molar-refractivity contribution in [3.05, 3.63) is 66.0 Å². The van der Waals surface area contributed by atoms with Crippen LogP contribution in [0.25, 0.3) is 0 Å². The number of hydrogen-bond donors (Lipinski definition) is 2.